The van der Waals surface area contributed by atoms with E-state index in [0.29, 0.717) is 10.6 Å². The molecule has 1 heterocycles. The molecule has 100 valence electrons. The SMILES string of the molecule is COc1nc(-c2cccc(Cl)c2C#N)ncc1C(N)=O. The number of halogens is 1. The fraction of sp³-hybridized carbons (Fsp3) is 0.0769. The number of hydrogen-bond acceptors (Lipinski definition) is 5. The second kappa shape index (κ2) is 5.55. The predicted molar refractivity (Wildman–Crippen MR) is 72.3 cm³/mol. The lowest BCUT2D eigenvalue weighted by Crippen LogP contribution is -2.14. The summed E-state index contributed by atoms with van der Waals surface area (Å²) in [4.78, 5) is 19.3. The van der Waals surface area contributed by atoms with Crippen molar-refractivity contribution in [2.45, 2.75) is 0 Å². The molecule has 0 unspecified atom stereocenters. The smallest absolute Gasteiger partial charge is 0.255 e. The van der Waals surface area contributed by atoms with Gasteiger partial charge < -0.3 is 10.5 Å². The molecule has 7 heteroatoms. The van der Waals surface area contributed by atoms with Gasteiger partial charge in [0.25, 0.3) is 5.91 Å². The summed E-state index contributed by atoms with van der Waals surface area (Å²) in [5, 5.41) is 9.43. The molecule has 0 saturated heterocycles. The molecule has 0 bridgehead atoms. The number of primary amides is 1. The number of benzene rings is 1. The van der Waals surface area contributed by atoms with Gasteiger partial charge in [-0.1, -0.05) is 17.7 Å². The van der Waals surface area contributed by atoms with Crippen LogP contribution in [0.2, 0.25) is 5.02 Å². The number of aromatic nitrogens is 2. The second-order valence-corrected chi connectivity index (χ2v) is 4.16. The fourth-order valence-corrected chi connectivity index (χ4v) is 1.86. The molecule has 2 N–H and O–H groups in total. The zero-order valence-electron chi connectivity index (χ0n) is 10.4. The molecule has 0 aliphatic rings. The molecular formula is C13H9ClN4O2. The van der Waals surface area contributed by atoms with Crippen molar-refractivity contribution < 1.29 is 9.53 Å². The molecule has 2 aromatic rings. The highest BCUT2D eigenvalue weighted by atomic mass is 35.5. The van der Waals surface area contributed by atoms with Gasteiger partial charge >= 0.3 is 0 Å². The van der Waals surface area contributed by atoms with Crippen LogP contribution >= 0.6 is 11.6 Å². The van der Waals surface area contributed by atoms with Crippen molar-refractivity contribution in [1.82, 2.24) is 9.97 Å². The Morgan fingerprint density at radius 2 is 2.25 bits per heavy atom. The Labute approximate surface area is 119 Å². The van der Waals surface area contributed by atoms with Crippen molar-refractivity contribution in [3.63, 3.8) is 0 Å². The van der Waals surface area contributed by atoms with Crippen molar-refractivity contribution in [2.75, 3.05) is 7.11 Å². The van der Waals surface area contributed by atoms with Crippen molar-refractivity contribution in [3.05, 3.63) is 40.5 Å². The molecular weight excluding hydrogens is 280 g/mol. The lowest BCUT2D eigenvalue weighted by atomic mass is 10.1. The van der Waals surface area contributed by atoms with Crippen molar-refractivity contribution in [2.24, 2.45) is 5.73 Å². The third-order valence-electron chi connectivity index (χ3n) is 2.58. The largest absolute Gasteiger partial charge is 0.480 e. The Hall–Kier alpha value is -2.65. The number of amides is 1. The van der Waals surface area contributed by atoms with Crippen LogP contribution in [0.3, 0.4) is 0 Å². The van der Waals surface area contributed by atoms with E-state index in [9.17, 15) is 4.79 Å². The monoisotopic (exact) mass is 288 g/mol. The van der Waals surface area contributed by atoms with Gasteiger partial charge in [-0.15, -0.1) is 0 Å². The zero-order chi connectivity index (χ0) is 14.7. The minimum absolute atomic E-state index is 0.0476. The molecule has 1 aromatic carbocycles. The fourth-order valence-electron chi connectivity index (χ4n) is 1.64. The van der Waals surface area contributed by atoms with Gasteiger partial charge in [0.2, 0.25) is 5.88 Å². The highest BCUT2D eigenvalue weighted by Gasteiger charge is 2.16. The van der Waals surface area contributed by atoms with Gasteiger partial charge in [0, 0.05) is 11.8 Å². The van der Waals surface area contributed by atoms with E-state index in [4.69, 9.17) is 27.3 Å². The maximum atomic E-state index is 11.2. The van der Waals surface area contributed by atoms with Crippen molar-refractivity contribution in [3.8, 4) is 23.3 Å². The summed E-state index contributed by atoms with van der Waals surface area (Å²) in [5.74, 6) is -0.419. The molecule has 0 aliphatic carbocycles. The summed E-state index contributed by atoms with van der Waals surface area (Å²) < 4.78 is 5.00. The van der Waals surface area contributed by atoms with Crippen LogP contribution in [0.1, 0.15) is 15.9 Å². The Morgan fingerprint density at radius 3 is 2.85 bits per heavy atom. The van der Waals surface area contributed by atoms with E-state index in [1.54, 1.807) is 18.2 Å². The van der Waals surface area contributed by atoms with Crippen molar-refractivity contribution >= 4 is 17.5 Å². The van der Waals surface area contributed by atoms with Crippen LogP contribution < -0.4 is 10.5 Å². The van der Waals surface area contributed by atoms with Gasteiger partial charge in [-0.05, 0) is 12.1 Å². The summed E-state index contributed by atoms with van der Waals surface area (Å²) in [7, 11) is 1.36. The van der Waals surface area contributed by atoms with E-state index in [1.165, 1.54) is 13.3 Å². The normalized spacial score (nSPS) is 9.85. The first kappa shape index (κ1) is 13.8. The molecule has 20 heavy (non-hydrogen) atoms. The Bertz CT molecular complexity index is 725. The minimum Gasteiger partial charge on any atom is -0.480 e. The molecule has 0 atom stereocenters. The average Bonchev–Trinajstić information content (AvgIpc) is 2.46. The topological polar surface area (TPSA) is 102 Å². The van der Waals surface area contributed by atoms with E-state index in [2.05, 4.69) is 9.97 Å². The zero-order valence-corrected chi connectivity index (χ0v) is 11.2. The number of rotatable bonds is 3. The second-order valence-electron chi connectivity index (χ2n) is 3.76. The lowest BCUT2D eigenvalue weighted by molar-refractivity contribution is 0.0996. The molecule has 0 radical (unpaired) electrons. The molecule has 0 saturated carbocycles. The molecule has 0 spiro atoms. The number of nitrogens with two attached hydrogens (primary N) is 1. The lowest BCUT2D eigenvalue weighted by Gasteiger charge is -2.08. The Balaban J connectivity index is 2.64. The quantitative estimate of drug-likeness (QED) is 0.927. The number of hydrogen-bond donors (Lipinski definition) is 1. The van der Waals surface area contributed by atoms with Crippen LogP contribution in [-0.2, 0) is 0 Å². The maximum absolute atomic E-state index is 11.2. The van der Waals surface area contributed by atoms with Gasteiger partial charge in [-0.3, -0.25) is 4.79 Å². The van der Waals surface area contributed by atoms with Gasteiger partial charge in [0.15, 0.2) is 5.82 Å². The molecule has 2 rings (SSSR count). The average molecular weight is 289 g/mol. The summed E-state index contributed by atoms with van der Waals surface area (Å²) >= 11 is 5.95. The number of nitriles is 1. The van der Waals surface area contributed by atoms with Gasteiger partial charge in [-0.25, -0.2) is 4.98 Å². The minimum atomic E-state index is -0.694. The van der Waals surface area contributed by atoms with Crippen LogP contribution in [-0.4, -0.2) is 23.0 Å². The van der Waals surface area contributed by atoms with Gasteiger partial charge in [0.05, 0.1) is 17.7 Å². The Morgan fingerprint density at radius 1 is 1.50 bits per heavy atom. The third-order valence-corrected chi connectivity index (χ3v) is 2.89. The van der Waals surface area contributed by atoms with Crippen molar-refractivity contribution in [1.29, 1.82) is 5.26 Å². The maximum Gasteiger partial charge on any atom is 0.255 e. The third kappa shape index (κ3) is 2.39. The van der Waals surface area contributed by atoms with Crippen LogP contribution in [0, 0.1) is 11.3 Å². The molecule has 1 aromatic heterocycles. The molecule has 1 amide bonds. The van der Waals surface area contributed by atoms with E-state index in [-0.39, 0.29) is 22.8 Å². The van der Waals surface area contributed by atoms with Crippen LogP contribution in [0.15, 0.2) is 24.4 Å². The predicted octanol–water partition coefficient (Wildman–Crippen LogP) is 1.78. The number of carbonyl (C=O) groups excluding carboxylic acids is 1. The van der Waals surface area contributed by atoms with Gasteiger partial charge in [-0.2, -0.15) is 10.2 Å². The number of carbonyl (C=O) groups is 1. The standard InChI is InChI=1S/C13H9ClN4O2/c1-20-13-9(11(16)19)6-17-12(18-13)7-3-2-4-10(14)8(7)5-15/h2-4,6H,1H3,(H2,16,19). The molecule has 6 nitrogen and oxygen atoms in total. The highest BCUT2D eigenvalue weighted by Crippen LogP contribution is 2.27. The van der Waals surface area contributed by atoms with Crippen LogP contribution in [0.5, 0.6) is 5.88 Å². The molecule has 0 aliphatic heterocycles. The van der Waals surface area contributed by atoms with E-state index in [1.807, 2.05) is 6.07 Å². The highest BCUT2D eigenvalue weighted by molar-refractivity contribution is 6.32. The van der Waals surface area contributed by atoms with Crippen LogP contribution in [0.4, 0.5) is 0 Å². The summed E-state index contributed by atoms with van der Waals surface area (Å²) in [5.41, 5.74) is 5.96. The van der Waals surface area contributed by atoms with E-state index in [0.717, 1.165) is 0 Å². The summed E-state index contributed by atoms with van der Waals surface area (Å²) in [6.07, 6.45) is 1.26. The first-order valence-corrected chi connectivity index (χ1v) is 5.86. The van der Waals surface area contributed by atoms with E-state index >= 15 is 0 Å². The number of ether oxygens (including phenoxy) is 1. The summed E-state index contributed by atoms with van der Waals surface area (Å²) in [6.45, 7) is 0. The van der Waals surface area contributed by atoms with Crippen LogP contribution in [0.25, 0.3) is 11.4 Å². The first-order valence-electron chi connectivity index (χ1n) is 5.48. The summed E-state index contributed by atoms with van der Waals surface area (Å²) in [6, 6.07) is 6.92. The Kier molecular flexibility index (Phi) is 3.82. The van der Waals surface area contributed by atoms with Gasteiger partial charge in [0.1, 0.15) is 11.6 Å². The number of methoxy groups -OCH3 is 1. The first-order chi connectivity index (χ1) is 9.58. The van der Waals surface area contributed by atoms with E-state index < -0.39 is 5.91 Å². The number of nitrogens with zero attached hydrogens (tertiary/aromatic N) is 3. The molecule has 0 fully saturated rings.